The molecule has 5 heteroatoms. The van der Waals surface area contributed by atoms with E-state index in [2.05, 4.69) is 66.7 Å². The van der Waals surface area contributed by atoms with Crippen LogP contribution >= 0.6 is 0 Å². The molecule has 1 saturated heterocycles. The Morgan fingerprint density at radius 2 is 1.15 bits per heavy atom. The first-order valence-electron chi connectivity index (χ1n) is 16.8. The van der Waals surface area contributed by atoms with E-state index in [1.54, 1.807) is 6.07 Å². The van der Waals surface area contributed by atoms with E-state index in [4.69, 9.17) is 14.2 Å². The van der Waals surface area contributed by atoms with Crippen molar-refractivity contribution in [1.82, 2.24) is 0 Å². The molecule has 5 aromatic carbocycles. The van der Waals surface area contributed by atoms with E-state index in [9.17, 15) is 9.59 Å². The summed E-state index contributed by atoms with van der Waals surface area (Å²) >= 11 is 0. The molecule has 0 aromatic heterocycles. The predicted molar refractivity (Wildman–Crippen MR) is 188 cm³/mol. The summed E-state index contributed by atoms with van der Waals surface area (Å²) in [6, 6.07) is 47.1. The van der Waals surface area contributed by atoms with Gasteiger partial charge in [-0.3, -0.25) is 4.79 Å². The lowest BCUT2D eigenvalue weighted by Gasteiger charge is -2.40. The van der Waals surface area contributed by atoms with Crippen molar-refractivity contribution in [2.75, 3.05) is 13.7 Å². The van der Waals surface area contributed by atoms with Gasteiger partial charge in [0.05, 0.1) is 19.3 Å². The average molecular weight is 639 g/mol. The Kier molecular flexibility index (Phi) is 10.8. The third kappa shape index (κ3) is 7.58. The van der Waals surface area contributed by atoms with Gasteiger partial charge in [-0.05, 0) is 84.0 Å². The van der Waals surface area contributed by atoms with Crippen LogP contribution < -0.4 is 0 Å². The molecule has 0 spiro atoms. The minimum atomic E-state index is -0.872. The second-order valence-electron chi connectivity index (χ2n) is 12.4. The van der Waals surface area contributed by atoms with Gasteiger partial charge in [-0.25, -0.2) is 4.79 Å². The zero-order chi connectivity index (χ0) is 33.2. The monoisotopic (exact) mass is 638 g/mol. The van der Waals surface area contributed by atoms with Crippen LogP contribution in [0.1, 0.15) is 63.0 Å². The molecule has 0 N–H and O–H groups in total. The van der Waals surface area contributed by atoms with Crippen molar-refractivity contribution in [3.05, 3.63) is 178 Å². The molecular formula is C43H42O5. The van der Waals surface area contributed by atoms with Crippen LogP contribution in [0.3, 0.4) is 0 Å². The van der Waals surface area contributed by atoms with E-state index < -0.39 is 5.60 Å². The standard InChI is InChI=1S/C43H42O5/c1-46-41(44)35-20-14-19-33(30-35)16-12-11-15-32-17-13-18-34(29-32)27-28-40-39(42(45)48-40)31-47-43(36-21-5-2-6-22-36,37-23-7-3-8-24-37)38-25-9-4-10-26-38/h2-10,13-14,17-26,29-30,39-40H,11-12,15-16,27-28,31H2,1H3/t39-,40-/m1/s1. The molecule has 5 nitrogen and oxygen atoms in total. The summed E-state index contributed by atoms with van der Waals surface area (Å²) in [5, 5.41) is 0. The van der Waals surface area contributed by atoms with Gasteiger partial charge in [0, 0.05) is 0 Å². The lowest BCUT2D eigenvalue weighted by atomic mass is 9.79. The van der Waals surface area contributed by atoms with E-state index in [0.717, 1.165) is 60.8 Å². The number of hydrogen-bond donors (Lipinski definition) is 0. The van der Waals surface area contributed by atoms with Crippen LogP contribution in [0.4, 0.5) is 0 Å². The summed E-state index contributed by atoms with van der Waals surface area (Å²) in [6.45, 7) is 0.255. The minimum Gasteiger partial charge on any atom is -0.465 e. The molecular weight excluding hydrogens is 596 g/mol. The lowest BCUT2D eigenvalue weighted by molar-refractivity contribution is -0.194. The number of benzene rings is 5. The SMILES string of the molecule is COC(=O)c1cccc(CCCCc2cccc(CC[C@H]3OC(=O)[C@@H]3COC(c3ccccc3)(c3ccccc3)c3ccccc3)c2)c1. The third-order valence-corrected chi connectivity index (χ3v) is 9.28. The summed E-state index contributed by atoms with van der Waals surface area (Å²) in [5.74, 6) is -0.834. The van der Waals surface area contributed by atoms with Gasteiger partial charge in [-0.2, -0.15) is 0 Å². The van der Waals surface area contributed by atoms with E-state index in [0.29, 0.717) is 5.56 Å². The first-order chi connectivity index (χ1) is 23.6. The molecule has 0 bridgehead atoms. The summed E-state index contributed by atoms with van der Waals surface area (Å²) in [7, 11) is 1.41. The van der Waals surface area contributed by atoms with Crippen molar-refractivity contribution in [2.24, 2.45) is 5.92 Å². The number of cyclic esters (lactones) is 1. The van der Waals surface area contributed by atoms with Gasteiger partial charge in [0.1, 0.15) is 17.6 Å². The van der Waals surface area contributed by atoms with Gasteiger partial charge in [-0.1, -0.05) is 127 Å². The molecule has 0 radical (unpaired) electrons. The highest BCUT2D eigenvalue weighted by Gasteiger charge is 2.45. The molecule has 0 amide bonds. The zero-order valence-electron chi connectivity index (χ0n) is 27.4. The van der Waals surface area contributed by atoms with Crippen molar-refractivity contribution in [3.63, 3.8) is 0 Å². The highest BCUT2D eigenvalue weighted by molar-refractivity contribution is 5.89. The molecule has 6 rings (SSSR count). The fourth-order valence-corrected chi connectivity index (χ4v) is 6.70. The number of methoxy groups -OCH3 is 1. The van der Waals surface area contributed by atoms with Crippen molar-refractivity contribution >= 4 is 11.9 Å². The fourth-order valence-electron chi connectivity index (χ4n) is 6.70. The summed E-state index contributed by atoms with van der Waals surface area (Å²) < 4.78 is 17.5. The van der Waals surface area contributed by atoms with E-state index in [1.165, 1.54) is 18.2 Å². The maximum atomic E-state index is 12.8. The van der Waals surface area contributed by atoms with Crippen molar-refractivity contribution in [3.8, 4) is 0 Å². The molecule has 2 atom stereocenters. The molecule has 1 aliphatic rings. The highest BCUT2D eigenvalue weighted by atomic mass is 16.6. The molecule has 1 aliphatic heterocycles. The second kappa shape index (κ2) is 15.7. The zero-order valence-corrected chi connectivity index (χ0v) is 27.4. The van der Waals surface area contributed by atoms with E-state index in [1.807, 2.05) is 66.7 Å². The van der Waals surface area contributed by atoms with Crippen LogP contribution in [0.5, 0.6) is 0 Å². The van der Waals surface area contributed by atoms with Crippen LogP contribution in [0.15, 0.2) is 140 Å². The Morgan fingerprint density at radius 3 is 1.67 bits per heavy atom. The maximum absolute atomic E-state index is 12.8. The van der Waals surface area contributed by atoms with Crippen molar-refractivity contribution in [2.45, 2.75) is 50.2 Å². The second-order valence-corrected chi connectivity index (χ2v) is 12.4. The first-order valence-corrected chi connectivity index (χ1v) is 16.8. The van der Waals surface area contributed by atoms with Crippen LogP contribution in [-0.2, 0) is 43.9 Å². The Hall–Kier alpha value is -5.00. The smallest absolute Gasteiger partial charge is 0.337 e. The topological polar surface area (TPSA) is 61.8 Å². The third-order valence-electron chi connectivity index (χ3n) is 9.28. The molecule has 0 saturated carbocycles. The normalized spacial score (nSPS) is 15.7. The summed E-state index contributed by atoms with van der Waals surface area (Å²) in [5.41, 5.74) is 6.45. The van der Waals surface area contributed by atoms with Gasteiger partial charge in [0.2, 0.25) is 0 Å². The van der Waals surface area contributed by atoms with Crippen molar-refractivity contribution < 1.29 is 23.8 Å². The molecule has 1 heterocycles. The molecule has 1 fully saturated rings. The maximum Gasteiger partial charge on any atom is 0.337 e. The van der Waals surface area contributed by atoms with Gasteiger partial charge < -0.3 is 14.2 Å². The molecule has 48 heavy (non-hydrogen) atoms. The largest absolute Gasteiger partial charge is 0.465 e. The molecule has 0 unspecified atom stereocenters. The number of ether oxygens (including phenoxy) is 3. The fraction of sp³-hybridized carbons (Fsp3) is 0.256. The number of rotatable bonds is 15. The van der Waals surface area contributed by atoms with Crippen molar-refractivity contribution in [1.29, 1.82) is 0 Å². The molecule has 0 aliphatic carbocycles. The Balaban J connectivity index is 1.08. The van der Waals surface area contributed by atoms with Crippen LogP contribution in [0.2, 0.25) is 0 Å². The van der Waals surface area contributed by atoms with Crippen LogP contribution in [0, 0.1) is 5.92 Å². The number of unbranched alkanes of at least 4 members (excludes halogenated alkanes) is 1. The van der Waals surface area contributed by atoms with Gasteiger partial charge in [-0.15, -0.1) is 0 Å². The van der Waals surface area contributed by atoms with Gasteiger partial charge in [0.15, 0.2) is 0 Å². The average Bonchev–Trinajstić information content (AvgIpc) is 3.14. The summed E-state index contributed by atoms with van der Waals surface area (Å²) in [4.78, 5) is 24.7. The molecule has 5 aromatic rings. The van der Waals surface area contributed by atoms with E-state index >= 15 is 0 Å². The number of hydrogen-bond acceptors (Lipinski definition) is 5. The number of esters is 2. The number of carbonyl (C=O) groups is 2. The molecule has 244 valence electrons. The number of aryl methyl sites for hydroxylation is 3. The Morgan fingerprint density at radius 1 is 0.646 bits per heavy atom. The van der Waals surface area contributed by atoms with Crippen LogP contribution in [0.25, 0.3) is 0 Å². The minimum absolute atomic E-state index is 0.193. The highest BCUT2D eigenvalue weighted by Crippen LogP contribution is 2.42. The Bertz CT molecular complexity index is 1690. The van der Waals surface area contributed by atoms with Gasteiger partial charge in [0.25, 0.3) is 0 Å². The first kappa shape index (κ1) is 32.9. The predicted octanol–water partition coefficient (Wildman–Crippen LogP) is 8.52. The van der Waals surface area contributed by atoms with E-state index in [-0.39, 0.29) is 30.6 Å². The lowest BCUT2D eigenvalue weighted by Crippen LogP contribution is -2.49. The van der Waals surface area contributed by atoms with Gasteiger partial charge >= 0.3 is 11.9 Å². The Labute approximate surface area is 283 Å². The quantitative estimate of drug-likeness (QED) is 0.0654. The number of carbonyl (C=O) groups excluding carboxylic acids is 2. The summed E-state index contributed by atoms with van der Waals surface area (Å²) in [6.07, 6.45) is 5.37. The van der Waals surface area contributed by atoms with Crippen LogP contribution in [-0.4, -0.2) is 31.8 Å².